The van der Waals surface area contributed by atoms with Crippen molar-refractivity contribution >= 4 is 16.6 Å². The second-order valence-electron chi connectivity index (χ2n) is 4.69. The standard InChI is InChI=1S/C18H15NO2/c1-2-21-15-8-6-13(7-9-15)18(20)17-5-3-4-14-12-19-11-10-16(14)17/h3-12H,2H2,1H3. The van der Waals surface area contributed by atoms with Crippen LogP contribution in [0, 0.1) is 0 Å². The number of ether oxygens (including phenoxy) is 1. The Bertz CT molecular complexity index is 773. The van der Waals surface area contributed by atoms with Gasteiger partial charge in [-0.1, -0.05) is 18.2 Å². The molecule has 0 aliphatic rings. The summed E-state index contributed by atoms with van der Waals surface area (Å²) in [5.74, 6) is 0.783. The highest BCUT2D eigenvalue weighted by Gasteiger charge is 2.12. The second-order valence-corrected chi connectivity index (χ2v) is 4.69. The van der Waals surface area contributed by atoms with Crippen LogP contribution in [0.25, 0.3) is 10.8 Å². The van der Waals surface area contributed by atoms with E-state index in [0.717, 1.165) is 16.5 Å². The Balaban J connectivity index is 2.00. The predicted molar refractivity (Wildman–Crippen MR) is 82.8 cm³/mol. The number of hydrogen-bond donors (Lipinski definition) is 0. The molecular weight excluding hydrogens is 262 g/mol. The van der Waals surface area contributed by atoms with Gasteiger partial charge in [-0.05, 0) is 42.6 Å². The van der Waals surface area contributed by atoms with Crippen molar-refractivity contribution in [2.75, 3.05) is 6.61 Å². The van der Waals surface area contributed by atoms with Crippen molar-refractivity contribution in [1.29, 1.82) is 0 Å². The number of carbonyl (C=O) groups is 1. The zero-order chi connectivity index (χ0) is 14.7. The summed E-state index contributed by atoms with van der Waals surface area (Å²) in [7, 11) is 0. The topological polar surface area (TPSA) is 39.2 Å². The summed E-state index contributed by atoms with van der Waals surface area (Å²) in [5, 5.41) is 1.89. The summed E-state index contributed by atoms with van der Waals surface area (Å²) < 4.78 is 5.40. The molecule has 0 unspecified atom stereocenters. The fraction of sp³-hybridized carbons (Fsp3) is 0.111. The summed E-state index contributed by atoms with van der Waals surface area (Å²) >= 11 is 0. The van der Waals surface area contributed by atoms with Gasteiger partial charge in [0.15, 0.2) is 5.78 Å². The van der Waals surface area contributed by atoms with Crippen molar-refractivity contribution in [3.63, 3.8) is 0 Å². The third kappa shape index (κ3) is 2.63. The highest BCUT2D eigenvalue weighted by molar-refractivity contribution is 6.16. The maximum atomic E-state index is 12.7. The van der Waals surface area contributed by atoms with Crippen LogP contribution in [0.1, 0.15) is 22.8 Å². The van der Waals surface area contributed by atoms with Crippen LogP contribution in [0.2, 0.25) is 0 Å². The van der Waals surface area contributed by atoms with Gasteiger partial charge in [-0.25, -0.2) is 0 Å². The molecule has 0 spiro atoms. The molecule has 0 atom stereocenters. The van der Waals surface area contributed by atoms with Crippen LogP contribution >= 0.6 is 0 Å². The first-order valence-corrected chi connectivity index (χ1v) is 6.90. The molecular formula is C18H15NO2. The first kappa shape index (κ1) is 13.3. The molecule has 3 heteroatoms. The molecule has 1 heterocycles. The van der Waals surface area contributed by atoms with Gasteiger partial charge in [0.2, 0.25) is 0 Å². The van der Waals surface area contributed by atoms with Crippen molar-refractivity contribution < 1.29 is 9.53 Å². The zero-order valence-electron chi connectivity index (χ0n) is 11.7. The predicted octanol–water partition coefficient (Wildman–Crippen LogP) is 3.86. The van der Waals surface area contributed by atoms with Gasteiger partial charge < -0.3 is 4.74 Å². The molecule has 0 saturated carbocycles. The van der Waals surface area contributed by atoms with Gasteiger partial charge in [-0.15, -0.1) is 0 Å². The van der Waals surface area contributed by atoms with Crippen LogP contribution in [0.15, 0.2) is 60.9 Å². The van der Waals surface area contributed by atoms with Crippen LogP contribution in [0.4, 0.5) is 0 Å². The molecule has 0 radical (unpaired) electrons. The Morgan fingerprint density at radius 2 is 1.90 bits per heavy atom. The van der Waals surface area contributed by atoms with Gasteiger partial charge in [0.05, 0.1) is 6.61 Å². The minimum absolute atomic E-state index is 0.00912. The lowest BCUT2D eigenvalue weighted by molar-refractivity contribution is 0.104. The van der Waals surface area contributed by atoms with E-state index in [4.69, 9.17) is 4.74 Å². The number of fused-ring (bicyclic) bond motifs is 1. The van der Waals surface area contributed by atoms with Gasteiger partial charge in [0, 0.05) is 28.9 Å². The highest BCUT2D eigenvalue weighted by Crippen LogP contribution is 2.21. The number of ketones is 1. The van der Waals surface area contributed by atoms with Gasteiger partial charge in [0.1, 0.15) is 5.75 Å². The van der Waals surface area contributed by atoms with Crippen LogP contribution in [-0.2, 0) is 0 Å². The van der Waals surface area contributed by atoms with Gasteiger partial charge in [-0.3, -0.25) is 9.78 Å². The van der Waals surface area contributed by atoms with E-state index in [1.807, 2.05) is 43.3 Å². The molecule has 1 aromatic heterocycles. The molecule has 21 heavy (non-hydrogen) atoms. The number of hydrogen-bond acceptors (Lipinski definition) is 3. The van der Waals surface area contributed by atoms with E-state index in [1.165, 1.54) is 0 Å². The van der Waals surface area contributed by atoms with Gasteiger partial charge in [0.25, 0.3) is 0 Å². The van der Waals surface area contributed by atoms with E-state index < -0.39 is 0 Å². The SMILES string of the molecule is CCOc1ccc(C(=O)c2cccc3cnccc23)cc1. The Kier molecular flexibility index (Phi) is 3.65. The number of nitrogens with zero attached hydrogens (tertiary/aromatic N) is 1. The second kappa shape index (κ2) is 5.75. The Labute approximate surface area is 123 Å². The van der Waals surface area contributed by atoms with E-state index in [2.05, 4.69) is 4.98 Å². The van der Waals surface area contributed by atoms with Crippen molar-refractivity contribution in [3.05, 3.63) is 72.1 Å². The maximum Gasteiger partial charge on any atom is 0.193 e. The van der Waals surface area contributed by atoms with Crippen LogP contribution in [-0.4, -0.2) is 17.4 Å². The lowest BCUT2D eigenvalue weighted by Gasteiger charge is -2.07. The Hall–Kier alpha value is -2.68. The summed E-state index contributed by atoms with van der Waals surface area (Å²) in [6.45, 7) is 2.55. The lowest BCUT2D eigenvalue weighted by Crippen LogP contribution is -2.02. The monoisotopic (exact) mass is 277 g/mol. The fourth-order valence-corrected chi connectivity index (χ4v) is 2.35. The van der Waals surface area contributed by atoms with E-state index in [1.54, 1.807) is 24.5 Å². The normalized spacial score (nSPS) is 10.5. The van der Waals surface area contributed by atoms with Crippen LogP contribution < -0.4 is 4.74 Å². The number of benzene rings is 2. The third-order valence-electron chi connectivity index (χ3n) is 3.35. The van der Waals surface area contributed by atoms with E-state index in [9.17, 15) is 4.79 Å². The smallest absolute Gasteiger partial charge is 0.193 e. The molecule has 0 saturated heterocycles. The van der Waals surface area contributed by atoms with E-state index in [-0.39, 0.29) is 5.78 Å². The zero-order valence-corrected chi connectivity index (χ0v) is 11.7. The molecule has 0 aliphatic carbocycles. The van der Waals surface area contributed by atoms with E-state index >= 15 is 0 Å². The maximum absolute atomic E-state index is 12.7. The number of carbonyl (C=O) groups excluding carboxylic acids is 1. The molecule has 3 rings (SSSR count). The number of rotatable bonds is 4. The van der Waals surface area contributed by atoms with Gasteiger partial charge >= 0.3 is 0 Å². The van der Waals surface area contributed by atoms with Crippen LogP contribution in [0.3, 0.4) is 0 Å². The minimum Gasteiger partial charge on any atom is -0.494 e. The quantitative estimate of drug-likeness (QED) is 0.680. The molecule has 3 nitrogen and oxygen atoms in total. The van der Waals surface area contributed by atoms with Crippen LogP contribution in [0.5, 0.6) is 5.75 Å². The molecule has 0 amide bonds. The van der Waals surface area contributed by atoms with Crippen molar-refractivity contribution in [2.45, 2.75) is 6.92 Å². The summed E-state index contributed by atoms with van der Waals surface area (Å²) in [5.41, 5.74) is 1.35. The van der Waals surface area contributed by atoms with Crippen molar-refractivity contribution in [3.8, 4) is 5.75 Å². The number of aromatic nitrogens is 1. The average molecular weight is 277 g/mol. The molecule has 2 aromatic carbocycles. The summed E-state index contributed by atoms with van der Waals surface area (Å²) in [6, 6.07) is 14.8. The number of pyridine rings is 1. The Morgan fingerprint density at radius 3 is 2.67 bits per heavy atom. The molecule has 0 N–H and O–H groups in total. The molecule has 0 bridgehead atoms. The van der Waals surface area contributed by atoms with E-state index in [0.29, 0.717) is 17.7 Å². The first-order chi connectivity index (χ1) is 10.3. The summed E-state index contributed by atoms with van der Waals surface area (Å²) in [6.07, 6.45) is 3.47. The third-order valence-corrected chi connectivity index (χ3v) is 3.35. The molecule has 0 fully saturated rings. The largest absolute Gasteiger partial charge is 0.494 e. The summed E-state index contributed by atoms with van der Waals surface area (Å²) in [4.78, 5) is 16.8. The first-order valence-electron chi connectivity index (χ1n) is 6.90. The molecule has 3 aromatic rings. The Morgan fingerprint density at radius 1 is 1.10 bits per heavy atom. The lowest BCUT2D eigenvalue weighted by atomic mass is 9.98. The highest BCUT2D eigenvalue weighted by atomic mass is 16.5. The minimum atomic E-state index is 0.00912. The average Bonchev–Trinajstić information content (AvgIpc) is 2.55. The van der Waals surface area contributed by atoms with Crippen molar-refractivity contribution in [2.24, 2.45) is 0 Å². The van der Waals surface area contributed by atoms with Crippen molar-refractivity contribution in [1.82, 2.24) is 4.98 Å². The molecule has 104 valence electrons. The van der Waals surface area contributed by atoms with Gasteiger partial charge in [-0.2, -0.15) is 0 Å². The fourth-order valence-electron chi connectivity index (χ4n) is 2.35. The molecule has 0 aliphatic heterocycles.